The smallest absolute Gasteiger partial charge is 0.159 e. The molecule has 3 rings (SSSR count). The van der Waals surface area contributed by atoms with Crippen LogP contribution in [0.2, 0.25) is 0 Å². The molecule has 4 heteroatoms. The molecule has 1 aromatic carbocycles. The van der Waals surface area contributed by atoms with E-state index in [1.165, 1.54) is 5.56 Å². The number of hydrogen-bond acceptors (Lipinski definition) is 3. The number of anilines is 1. The lowest BCUT2D eigenvalue weighted by Crippen LogP contribution is -2.01. The normalized spacial score (nSPS) is 11.1. The first-order valence-electron chi connectivity index (χ1n) is 6.76. The number of rotatable bonds is 3. The maximum absolute atomic E-state index is 5.95. The Hall–Kier alpha value is -2.36. The largest absolute Gasteiger partial charge is 0.399 e. The van der Waals surface area contributed by atoms with E-state index in [1.807, 2.05) is 26.1 Å². The minimum absolute atomic E-state index is 0.856. The Morgan fingerprint density at radius 2 is 2.05 bits per heavy atom. The minimum Gasteiger partial charge on any atom is -0.399 e. The molecule has 0 saturated carbocycles. The van der Waals surface area contributed by atoms with Gasteiger partial charge in [-0.05, 0) is 42.7 Å². The average molecular weight is 266 g/mol. The SMILES string of the molecule is Cc1ccc(CCc2nc3cccnc3n2C)cc1N. The van der Waals surface area contributed by atoms with Crippen LogP contribution < -0.4 is 5.73 Å². The fraction of sp³-hybridized carbons (Fsp3) is 0.250. The fourth-order valence-electron chi connectivity index (χ4n) is 2.40. The molecule has 2 aromatic heterocycles. The maximum Gasteiger partial charge on any atom is 0.159 e. The van der Waals surface area contributed by atoms with Gasteiger partial charge >= 0.3 is 0 Å². The second kappa shape index (κ2) is 4.96. The first-order chi connectivity index (χ1) is 9.65. The minimum atomic E-state index is 0.856. The Kier molecular flexibility index (Phi) is 3.14. The van der Waals surface area contributed by atoms with E-state index >= 15 is 0 Å². The van der Waals surface area contributed by atoms with Crippen molar-refractivity contribution in [2.75, 3.05) is 5.73 Å². The summed E-state index contributed by atoms with van der Waals surface area (Å²) >= 11 is 0. The van der Waals surface area contributed by atoms with Crippen LogP contribution in [0.1, 0.15) is 17.0 Å². The average Bonchev–Trinajstić information content (AvgIpc) is 2.77. The quantitative estimate of drug-likeness (QED) is 0.741. The summed E-state index contributed by atoms with van der Waals surface area (Å²) in [7, 11) is 2.02. The Morgan fingerprint density at radius 3 is 2.80 bits per heavy atom. The fourth-order valence-corrected chi connectivity index (χ4v) is 2.40. The van der Waals surface area contributed by atoms with Gasteiger partial charge in [-0.15, -0.1) is 0 Å². The van der Waals surface area contributed by atoms with Crippen molar-refractivity contribution in [3.05, 3.63) is 53.5 Å². The third kappa shape index (κ3) is 2.25. The van der Waals surface area contributed by atoms with Gasteiger partial charge in [-0.3, -0.25) is 0 Å². The lowest BCUT2D eigenvalue weighted by Gasteiger charge is -2.05. The number of nitrogen functional groups attached to an aromatic ring is 1. The Bertz CT molecular complexity index is 758. The van der Waals surface area contributed by atoms with Gasteiger partial charge in [0, 0.05) is 25.4 Å². The number of hydrogen-bond donors (Lipinski definition) is 1. The molecule has 0 saturated heterocycles. The van der Waals surface area contributed by atoms with Crippen LogP contribution in [0.4, 0.5) is 5.69 Å². The Morgan fingerprint density at radius 1 is 1.20 bits per heavy atom. The highest BCUT2D eigenvalue weighted by Gasteiger charge is 2.08. The van der Waals surface area contributed by atoms with E-state index in [0.29, 0.717) is 0 Å². The predicted octanol–water partition coefficient (Wildman–Crippen LogP) is 2.64. The Labute approximate surface area is 118 Å². The summed E-state index contributed by atoms with van der Waals surface area (Å²) in [6.07, 6.45) is 3.62. The number of fused-ring (bicyclic) bond motifs is 1. The highest BCUT2D eigenvalue weighted by atomic mass is 15.1. The van der Waals surface area contributed by atoms with Crippen LogP contribution in [-0.2, 0) is 19.9 Å². The summed E-state index contributed by atoms with van der Waals surface area (Å²) in [5.41, 5.74) is 11.1. The van der Waals surface area contributed by atoms with Crippen LogP contribution in [0, 0.1) is 6.92 Å². The summed E-state index contributed by atoms with van der Waals surface area (Å²) < 4.78 is 2.06. The van der Waals surface area contributed by atoms with Crippen molar-refractivity contribution in [1.82, 2.24) is 14.5 Å². The van der Waals surface area contributed by atoms with Crippen molar-refractivity contribution in [2.24, 2.45) is 7.05 Å². The van der Waals surface area contributed by atoms with E-state index < -0.39 is 0 Å². The number of imidazole rings is 1. The van der Waals surface area contributed by atoms with E-state index in [0.717, 1.165) is 41.1 Å². The molecule has 2 heterocycles. The van der Waals surface area contributed by atoms with Gasteiger partial charge in [0.2, 0.25) is 0 Å². The second-order valence-corrected chi connectivity index (χ2v) is 5.12. The van der Waals surface area contributed by atoms with Crippen LogP contribution >= 0.6 is 0 Å². The summed E-state index contributed by atoms with van der Waals surface area (Å²) in [6, 6.07) is 10.2. The summed E-state index contributed by atoms with van der Waals surface area (Å²) in [5, 5.41) is 0. The molecular formula is C16H18N4. The molecule has 0 spiro atoms. The van der Waals surface area contributed by atoms with Crippen molar-refractivity contribution < 1.29 is 0 Å². The molecule has 0 radical (unpaired) electrons. The van der Waals surface area contributed by atoms with Gasteiger partial charge in [-0.2, -0.15) is 0 Å². The zero-order valence-electron chi connectivity index (χ0n) is 11.8. The highest BCUT2D eigenvalue weighted by Crippen LogP contribution is 2.16. The highest BCUT2D eigenvalue weighted by molar-refractivity contribution is 5.70. The van der Waals surface area contributed by atoms with Crippen molar-refractivity contribution >= 4 is 16.9 Å². The number of benzene rings is 1. The number of aryl methyl sites for hydroxylation is 4. The molecule has 0 aliphatic carbocycles. The first kappa shape index (κ1) is 12.7. The third-order valence-corrected chi connectivity index (χ3v) is 3.70. The summed E-state index contributed by atoms with van der Waals surface area (Å²) in [4.78, 5) is 9.00. The topological polar surface area (TPSA) is 56.7 Å². The van der Waals surface area contributed by atoms with Gasteiger partial charge in [0.05, 0.1) is 0 Å². The molecule has 0 unspecified atom stereocenters. The van der Waals surface area contributed by atoms with Crippen LogP contribution in [0.5, 0.6) is 0 Å². The lowest BCUT2D eigenvalue weighted by atomic mass is 10.1. The van der Waals surface area contributed by atoms with Crippen molar-refractivity contribution in [3.63, 3.8) is 0 Å². The van der Waals surface area contributed by atoms with Crippen molar-refractivity contribution in [1.29, 1.82) is 0 Å². The lowest BCUT2D eigenvalue weighted by molar-refractivity contribution is 0.781. The van der Waals surface area contributed by atoms with E-state index in [9.17, 15) is 0 Å². The van der Waals surface area contributed by atoms with E-state index in [2.05, 4.69) is 32.7 Å². The van der Waals surface area contributed by atoms with Gasteiger partial charge in [0.25, 0.3) is 0 Å². The number of aromatic nitrogens is 3. The molecule has 0 fully saturated rings. The van der Waals surface area contributed by atoms with Crippen LogP contribution in [0.3, 0.4) is 0 Å². The molecular weight excluding hydrogens is 248 g/mol. The molecule has 2 N–H and O–H groups in total. The van der Waals surface area contributed by atoms with Crippen molar-refractivity contribution in [3.8, 4) is 0 Å². The van der Waals surface area contributed by atoms with Gasteiger partial charge in [0.15, 0.2) is 5.65 Å². The molecule has 0 bridgehead atoms. The first-order valence-corrected chi connectivity index (χ1v) is 6.76. The molecule has 3 aromatic rings. The molecule has 0 atom stereocenters. The van der Waals surface area contributed by atoms with Crippen LogP contribution in [-0.4, -0.2) is 14.5 Å². The standard InChI is InChI=1S/C16H18N4/c1-11-5-6-12(10-13(11)17)7-8-15-19-14-4-3-9-18-16(14)20(15)2/h3-6,9-10H,7-8,17H2,1-2H3. The molecule has 0 amide bonds. The zero-order valence-corrected chi connectivity index (χ0v) is 11.8. The van der Waals surface area contributed by atoms with Gasteiger partial charge < -0.3 is 10.3 Å². The molecule has 0 aliphatic rings. The molecule has 20 heavy (non-hydrogen) atoms. The van der Waals surface area contributed by atoms with Gasteiger partial charge in [-0.25, -0.2) is 9.97 Å². The molecule has 102 valence electrons. The van der Waals surface area contributed by atoms with E-state index in [1.54, 1.807) is 6.20 Å². The third-order valence-electron chi connectivity index (χ3n) is 3.70. The predicted molar refractivity (Wildman–Crippen MR) is 81.5 cm³/mol. The number of pyridine rings is 1. The summed E-state index contributed by atoms with van der Waals surface area (Å²) in [5.74, 6) is 1.05. The van der Waals surface area contributed by atoms with Gasteiger partial charge in [-0.1, -0.05) is 12.1 Å². The Balaban J connectivity index is 1.83. The van der Waals surface area contributed by atoms with Crippen molar-refractivity contribution in [2.45, 2.75) is 19.8 Å². The summed E-state index contributed by atoms with van der Waals surface area (Å²) in [6.45, 7) is 2.02. The maximum atomic E-state index is 5.95. The van der Waals surface area contributed by atoms with Crippen LogP contribution in [0.15, 0.2) is 36.5 Å². The van der Waals surface area contributed by atoms with E-state index in [-0.39, 0.29) is 0 Å². The number of nitrogens with two attached hydrogens (primary N) is 1. The monoisotopic (exact) mass is 266 g/mol. The van der Waals surface area contributed by atoms with Crippen LogP contribution in [0.25, 0.3) is 11.2 Å². The molecule has 4 nitrogen and oxygen atoms in total. The van der Waals surface area contributed by atoms with Gasteiger partial charge in [0.1, 0.15) is 11.3 Å². The zero-order chi connectivity index (χ0) is 14.1. The molecule has 0 aliphatic heterocycles. The second-order valence-electron chi connectivity index (χ2n) is 5.12. The van der Waals surface area contributed by atoms with E-state index in [4.69, 9.17) is 5.73 Å². The number of nitrogens with zero attached hydrogens (tertiary/aromatic N) is 3.